The molecule has 5 aromatic rings. The Morgan fingerprint density at radius 2 is 1.75 bits per heavy atom. The van der Waals surface area contributed by atoms with E-state index in [1.807, 2.05) is 6.07 Å². The number of rotatable bonds is 13. The van der Waals surface area contributed by atoms with Gasteiger partial charge in [0.1, 0.15) is 22.9 Å². The van der Waals surface area contributed by atoms with Crippen molar-refractivity contribution in [2.45, 2.75) is 57.5 Å². The van der Waals surface area contributed by atoms with Gasteiger partial charge in [-0.25, -0.2) is 18.1 Å². The summed E-state index contributed by atoms with van der Waals surface area (Å²) in [4.78, 5) is 28.1. The Labute approximate surface area is 366 Å². The highest BCUT2D eigenvalue weighted by molar-refractivity contribution is 7.90. The zero-order chi connectivity index (χ0) is 44.5. The summed E-state index contributed by atoms with van der Waals surface area (Å²) >= 11 is 0. The van der Waals surface area contributed by atoms with Crippen LogP contribution >= 0.6 is 0 Å². The number of H-pyrrole nitrogens is 1. The molecule has 2 fully saturated rings. The monoisotopic (exact) mass is 885 g/mol. The molecule has 4 heterocycles. The number of nitrogens with zero attached hydrogens (tertiary/aromatic N) is 4. The van der Waals surface area contributed by atoms with E-state index >= 15 is 0 Å². The van der Waals surface area contributed by atoms with Gasteiger partial charge in [0.15, 0.2) is 0 Å². The Morgan fingerprint density at radius 3 is 2.46 bits per heavy atom. The van der Waals surface area contributed by atoms with E-state index in [0.717, 1.165) is 87.2 Å². The van der Waals surface area contributed by atoms with E-state index < -0.39 is 27.7 Å². The molecule has 0 saturated carbocycles. The Morgan fingerprint density at radius 1 is 0.968 bits per heavy atom. The number of anilines is 2. The minimum absolute atomic E-state index is 0.00342. The van der Waals surface area contributed by atoms with E-state index in [1.54, 1.807) is 42.6 Å². The van der Waals surface area contributed by atoms with E-state index in [4.69, 9.17) is 15.2 Å². The molecule has 12 nitrogen and oxygen atoms in total. The normalized spacial score (nSPS) is 18.8. The van der Waals surface area contributed by atoms with Gasteiger partial charge < -0.3 is 30.0 Å². The third-order valence-electron chi connectivity index (χ3n) is 12.5. The highest BCUT2D eigenvalue weighted by Gasteiger charge is 2.33. The number of fused-ring (bicyclic) bond motifs is 1. The number of carbonyl (C=O) groups excluding carboxylic acids is 1. The smallest absolute Gasteiger partial charge is 0.416 e. The Kier molecular flexibility index (Phi) is 12.5. The van der Waals surface area contributed by atoms with Gasteiger partial charge in [0, 0.05) is 68.5 Å². The SMILES string of the molecule is CCN1CCC(COc2ccc(S(=O)(=O)NC(=O)c3ccc(N4CCN(CC5=C(c6ccc(C(F)(F)F)cc6)CC(C)(C)CC5)CC4)cc3Oc3cnc4[nH]ccc4c3)cc2N)C1. The topological polar surface area (TPSA) is 146 Å². The van der Waals surface area contributed by atoms with Crippen LogP contribution in [0.15, 0.2) is 95.7 Å². The fourth-order valence-corrected chi connectivity index (χ4v) is 9.80. The zero-order valence-electron chi connectivity index (χ0n) is 35.8. The number of nitrogens with one attached hydrogen (secondary N) is 2. The first-order valence-corrected chi connectivity index (χ1v) is 22.9. The Hall–Kier alpha value is -5.58. The van der Waals surface area contributed by atoms with Gasteiger partial charge in [0.2, 0.25) is 0 Å². The Balaban J connectivity index is 0.978. The van der Waals surface area contributed by atoms with Gasteiger partial charge in [-0.3, -0.25) is 9.69 Å². The molecule has 334 valence electrons. The van der Waals surface area contributed by atoms with Gasteiger partial charge >= 0.3 is 6.18 Å². The lowest BCUT2D eigenvalue weighted by atomic mass is 9.72. The summed E-state index contributed by atoms with van der Waals surface area (Å²) in [5.41, 5.74) is 10.5. The van der Waals surface area contributed by atoms with E-state index in [2.05, 4.69) is 50.2 Å². The number of hydrogen-bond donors (Lipinski definition) is 3. The van der Waals surface area contributed by atoms with Crippen molar-refractivity contribution in [1.29, 1.82) is 0 Å². The highest BCUT2D eigenvalue weighted by atomic mass is 32.2. The summed E-state index contributed by atoms with van der Waals surface area (Å²) in [6.45, 7) is 13.4. The minimum Gasteiger partial charge on any atom is -0.491 e. The predicted molar refractivity (Wildman–Crippen MR) is 238 cm³/mol. The van der Waals surface area contributed by atoms with Crippen LogP contribution in [0.1, 0.15) is 67.9 Å². The number of allylic oxidation sites excluding steroid dienone is 1. The van der Waals surface area contributed by atoms with Crippen LogP contribution in [-0.2, 0) is 16.2 Å². The van der Waals surface area contributed by atoms with Crippen molar-refractivity contribution in [1.82, 2.24) is 24.5 Å². The van der Waals surface area contributed by atoms with Gasteiger partial charge in [-0.05, 0) is 110 Å². The molecule has 0 bridgehead atoms. The van der Waals surface area contributed by atoms with Crippen molar-refractivity contribution in [2.75, 3.05) is 69.6 Å². The largest absolute Gasteiger partial charge is 0.491 e. The molecule has 1 aliphatic carbocycles. The average Bonchev–Trinajstić information content (AvgIpc) is 3.93. The number of ether oxygens (including phenoxy) is 2. The van der Waals surface area contributed by atoms with Gasteiger partial charge in [0.05, 0.1) is 34.5 Å². The van der Waals surface area contributed by atoms with Crippen LogP contribution in [0.3, 0.4) is 0 Å². The fourth-order valence-electron chi connectivity index (χ4n) is 8.79. The number of nitrogen functional groups attached to an aromatic ring is 1. The standard InChI is InChI=1S/C47H54F3N7O5S/c1-4-55-18-15-31(28-55)30-61-42-12-10-38(25-41(42)51)63(59,60)54-45(58)39-11-9-36(24-43(39)62-37-23-33-14-17-52-44(33)53-27-37)57-21-19-56(20-22-57)29-34-13-16-46(2,3)26-40(34)32-5-7-35(8-6-32)47(48,49)50/h5-12,14,17,23-25,27,31H,4,13,15-16,18-22,26,28-30,51H2,1-3H3,(H,52,53)(H,54,58). The number of alkyl halides is 3. The molecular weight excluding hydrogens is 832 g/mol. The van der Waals surface area contributed by atoms with Crippen molar-refractivity contribution in [3.8, 4) is 17.2 Å². The molecule has 3 aromatic carbocycles. The quantitative estimate of drug-likeness (QED) is 0.0984. The summed E-state index contributed by atoms with van der Waals surface area (Å²) in [6.07, 6.45) is 2.58. The summed E-state index contributed by atoms with van der Waals surface area (Å²) in [7, 11) is -4.36. The summed E-state index contributed by atoms with van der Waals surface area (Å²) in [5, 5.41) is 0.794. The van der Waals surface area contributed by atoms with Crippen LogP contribution in [0, 0.1) is 11.3 Å². The molecule has 1 unspecified atom stereocenters. The molecule has 4 N–H and O–H groups in total. The number of sulfonamides is 1. The maximum Gasteiger partial charge on any atom is 0.416 e. The number of likely N-dealkylation sites (tertiary alicyclic amines) is 1. The van der Waals surface area contributed by atoms with Crippen LogP contribution in [0.25, 0.3) is 16.6 Å². The number of pyridine rings is 1. The van der Waals surface area contributed by atoms with Crippen LogP contribution in [0.4, 0.5) is 24.5 Å². The molecule has 2 aliphatic heterocycles. The average molecular weight is 886 g/mol. The molecule has 16 heteroatoms. The minimum atomic E-state index is -4.39. The van der Waals surface area contributed by atoms with Crippen molar-refractivity contribution in [2.24, 2.45) is 11.3 Å². The first-order chi connectivity index (χ1) is 30.0. The lowest BCUT2D eigenvalue weighted by Crippen LogP contribution is -2.47. The molecule has 3 aliphatic rings. The number of aromatic amines is 1. The molecule has 8 rings (SSSR count). The van der Waals surface area contributed by atoms with E-state index in [0.29, 0.717) is 42.8 Å². The second-order valence-electron chi connectivity index (χ2n) is 17.6. The zero-order valence-corrected chi connectivity index (χ0v) is 36.6. The molecular formula is C47H54F3N7O5S. The molecule has 63 heavy (non-hydrogen) atoms. The lowest BCUT2D eigenvalue weighted by Gasteiger charge is -2.39. The number of carbonyl (C=O) groups is 1. The number of hydrogen-bond acceptors (Lipinski definition) is 10. The second kappa shape index (κ2) is 17.9. The molecule has 0 spiro atoms. The molecule has 2 aromatic heterocycles. The van der Waals surface area contributed by atoms with E-state index in [-0.39, 0.29) is 27.3 Å². The van der Waals surface area contributed by atoms with Crippen LogP contribution in [-0.4, -0.2) is 93.1 Å². The third kappa shape index (κ3) is 10.3. The molecule has 1 amide bonds. The molecule has 0 radical (unpaired) electrons. The van der Waals surface area contributed by atoms with E-state index in [1.165, 1.54) is 42.1 Å². The van der Waals surface area contributed by atoms with Crippen molar-refractivity contribution < 1.29 is 35.9 Å². The number of amides is 1. The number of aromatic nitrogens is 2. The second-order valence-corrected chi connectivity index (χ2v) is 19.3. The van der Waals surface area contributed by atoms with Crippen molar-refractivity contribution >= 4 is 43.9 Å². The number of piperazine rings is 1. The first kappa shape index (κ1) is 44.0. The fraction of sp³-hybridized carbons (Fsp3) is 0.404. The maximum absolute atomic E-state index is 13.9. The highest BCUT2D eigenvalue weighted by Crippen LogP contribution is 2.44. The van der Waals surface area contributed by atoms with Gasteiger partial charge in [-0.15, -0.1) is 0 Å². The van der Waals surface area contributed by atoms with Crippen LogP contribution in [0.5, 0.6) is 17.2 Å². The number of halogens is 3. The summed E-state index contributed by atoms with van der Waals surface area (Å²) in [5.74, 6) is 0.361. The molecule has 2 saturated heterocycles. The van der Waals surface area contributed by atoms with Crippen molar-refractivity contribution in [3.63, 3.8) is 0 Å². The predicted octanol–water partition coefficient (Wildman–Crippen LogP) is 8.58. The number of benzene rings is 3. The van der Waals surface area contributed by atoms with E-state index in [9.17, 15) is 26.4 Å². The lowest BCUT2D eigenvalue weighted by molar-refractivity contribution is -0.137. The maximum atomic E-state index is 13.9. The first-order valence-electron chi connectivity index (χ1n) is 21.5. The number of nitrogens with two attached hydrogens (primary N) is 1. The summed E-state index contributed by atoms with van der Waals surface area (Å²) in [6, 6.07) is 18.4. The third-order valence-corrected chi connectivity index (χ3v) is 13.8. The Bertz CT molecular complexity index is 2600. The van der Waals surface area contributed by atoms with Crippen molar-refractivity contribution in [3.05, 3.63) is 107 Å². The molecule has 1 atom stereocenters. The van der Waals surface area contributed by atoms with Gasteiger partial charge in [0.25, 0.3) is 15.9 Å². The summed E-state index contributed by atoms with van der Waals surface area (Å²) < 4.78 is 81.8. The van der Waals surface area contributed by atoms with Gasteiger partial charge in [-0.2, -0.15) is 13.2 Å². The van der Waals surface area contributed by atoms with Crippen LogP contribution < -0.4 is 24.8 Å². The van der Waals surface area contributed by atoms with Gasteiger partial charge in [-0.1, -0.05) is 38.5 Å². The van der Waals surface area contributed by atoms with Crippen LogP contribution in [0.2, 0.25) is 0 Å².